The maximum absolute atomic E-state index is 12.5. The summed E-state index contributed by atoms with van der Waals surface area (Å²) in [5.74, 6) is -1.23. The minimum absolute atomic E-state index is 0.0372. The van der Waals surface area contributed by atoms with Crippen molar-refractivity contribution in [1.29, 1.82) is 0 Å². The molecule has 152 valence electrons. The highest BCUT2D eigenvalue weighted by molar-refractivity contribution is 6.01. The third kappa shape index (κ3) is 4.93. The van der Waals surface area contributed by atoms with E-state index in [1.807, 2.05) is 38.1 Å². The van der Waals surface area contributed by atoms with Crippen LogP contribution in [0, 0.1) is 19.8 Å². The zero-order chi connectivity index (χ0) is 21.0. The molecule has 1 heterocycles. The normalized spacial score (nSPS) is 15.9. The molecule has 2 amide bonds. The smallest absolute Gasteiger partial charge is 0.311 e. The molecule has 1 aliphatic heterocycles. The predicted octanol–water partition coefficient (Wildman–Crippen LogP) is 2.85. The maximum atomic E-state index is 12.5. The van der Waals surface area contributed by atoms with Gasteiger partial charge in [0.15, 0.2) is 6.61 Å². The van der Waals surface area contributed by atoms with E-state index in [1.165, 1.54) is 12.0 Å². The molecule has 0 aromatic heterocycles. The average Bonchev–Trinajstić information content (AvgIpc) is 3.09. The standard InChI is InChI=1S/C22H24N2O5/c1-14-4-7-17(8-5-14)23-20(25)13-29-22(27)16-11-21(26)24(12-16)18-10-15(2)6-9-19(18)28-3/h4-10,16H,11-13H2,1-3H3,(H,23,25)/t16-/m0/s1. The van der Waals surface area contributed by atoms with Crippen molar-refractivity contribution in [2.45, 2.75) is 20.3 Å². The summed E-state index contributed by atoms with van der Waals surface area (Å²) in [5.41, 5.74) is 3.32. The summed E-state index contributed by atoms with van der Waals surface area (Å²) in [6.07, 6.45) is 0.0372. The first-order valence-corrected chi connectivity index (χ1v) is 9.35. The maximum Gasteiger partial charge on any atom is 0.311 e. The fourth-order valence-corrected chi connectivity index (χ4v) is 3.20. The molecule has 1 N–H and O–H groups in total. The van der Waals surface area contributed by atoms with E-state index in [9.17, 15) is 14.4 Å². The number of nitrogens with one attached hydrogen (secondary N) is 1. The Labute approximate surface area is 169 Å². The van der Waals surface area contributed by atoms with Crippen LogP contribution < -0.4 is 15.0 Å². The Hall–Kier alpha value is -3.35. The van der Waals surface area contributed by atoms with Crippen molar-refractivity contribution in [2.75, 3.05) is 30.5 Å². The number of amides is 2. The van der Waals surface area contributed by atoms with Gasteiger partial charge in [-0.15, -0.1) is 0 Å². The van der Waals surface area contributed by atoms with Gasteiger partial charge in [0.2, 0.25) is 5.91 Å². The van der Waals surface area contributed by atoms with E-state index in [4.69, 9.17) is 9.47 Å². The SMILES string of the molecule is COc1ccc(C)cc1N1C[C@@H](C(=O)OCC(=O)Nc2ccc(C)cc2)CC1=O. The number of esters is 1. The minimum Gasteiger partial charge on any atom is -0.495 e. The molecule has 0 unspecified atom stereocenters. The second-order valence-corrected chi connectivity index (χ2v) is 7.10. The average molecular weight is 396 g/mol. The van der Waals surface area contributed by atoms with Crippen LogP contribution in [0.4, 0.5) is 11.4 Å². The molecule has 1 aliphatic rings. The van der Waals surface area contributed by atoms with Crippen LogP contribution in [0.2, 0.25) is 0 Å². The third-order valence-electron chi connectivity index (χ3n) is 4.76. The van der Waals surface area contributed by atoms with Crippen molar-refractivity contribution in [3.63, 3.8) is 0 Å². The minimum atomic E-state index is -0.625. The molecule has 0 radical (unpaired) electrons. The topological polar surface area (TPSA) is 84.9 Å². The van der Waals surface area contributed by atoms with Gasteiger partial charge in [-0.2, -0.15) is 0 Å². The summed E-state index contributed by atoms with van der Waals surface area (Å²) in [6, 6.07) is 12.8. The Morgan fingerprint density at radius 1 is 1.10 bits per heavy atom. The second kappa shape index (κ2) is 8.77. The van der Waals surface area contributed by atoms with Gasteiger partial charge in [-0.25, -0.2) is 0 Å². The molecular weight excluding hydrogens is 372 g/mol. The molecule has 0 aliphatic carbocycles. The van der Waals surface area contributed by atoms with E-state index in [2.05, 4.69) is 5.32 Å². The Morgan fingerprint density at radius 3 is 2.48 bits per heavy atom. The number of benzene rings is 2. The predicted molar refractivity (Wildman–Crippen MR) is 109 cm³/mol. The lowest BCUT2D eigenvalue weighted by Crippen LogP contribution is -2.28. The molecular formula is C22H24N2O5. The molecule has 0 bridgehead atoms. The quantitative estimate of drug-likeness (QED) is 0.759. The summed E-state index contributed by atoms with van der Waals surface area (Å²) in [4.78, 5) is 38.4. The molecule has 1 atom stereocenters. The van der Waals surface area contributed by atoms with E-state index in [0.717, 1.165) is 11.1 Å². The van der Waals surface area contributed by atoms with E-state index in [-0.39, 0.29) is 18.9 Å². The van der Waals surface area contributed by atoms with E-state index >= 15 is 0 Å². The van der Waals surface area contributed by atoms with Crippen molar-refractivity contribution in [3.8, 4) is 5.75 Å². The van der Waals surface area contributed by atoms with E-state index in [1.54, 1.807) is 18.2 Å². The van der Waals surface area contributed by atoms with Gasteiger partial charge in [-0.1, -0.05) is 23.8 Å². The second-order valence-electron chi connectivity index (χ2n) is 7.10. The van der Waals surface area contributed by atoms with Gasteiger partial charge in [0.1, 0.15) is 5.75 Å². The van der Waals surface area contributed by atoms with Gasteiger partial charge in [0.05, 0.1) is 18.7 Å². The van der Waals surface area contributed by atoms with Crippen LogP contribution >= 0.6 is 0 Å². The van der Waals surface area contributed by atoms with Crippen molar-refractivity contribution in [2.24, 2.45) is 5.92 Å². The monoisotopic (exact) mass is 396 g/mol. The van der Waals surface area contributed by atoms with Gasteiger partial charge < -0.3 is 19.7 Å². The molecule has 3 rings (SSSR count). The van der Waals surface area contributed by atoms with Gasteiger partial charge in [0.25, 0.3) is 5.91 Å². The molecule has 1 fully saturated rings. The summed E-state index contributed by atoms with van der Waals surface area (Å²) in [5, 5.41) is 2.67. The zero-order valence-electron chi connectivity index (χ0n) is 16.7. The highest BCUT2D eigenvalue weighted by Crippen LogP contribution is 2.34. The number of hydrogen-bond acceptors (Lipinski definition) is 5. The first-order chi connectivity index (χ1) is 13.9. The van der Waals surface area contributed by atoms with E-state index < -0.39 is 24.4 Å². The molecule has 2 aromatic rings. The Balaban J connectivity index is 1.57. The van der Waals surface area contributed by atoms with Crippen LogP contribution in [0.15, 0.2) is 42.5 Å². The first-order valence-electron chi connectivity index (χ1n) is 9.35. The fraction of sp³-hybridized carbons (Fsp3) is 0.318. The number of ether oxygens (including phenoxy) is 2. The highest BCUT2D eigenvalue weighted by atomic mass is 16.5. The number of nitrogens with zero attached hydrogens (tertiary/aromatic N) is 1. The molecule has 1 saturated heterocycles. The number of carbonyl (C=O) groups excluding carboxylic acids is 3. The van der Waals surface area contributed by atoms with Crippen molar-refractivity contribution >= 4 is 29.2 Å². The zero-order valence-corrected chi connectivity index (χ0v) is 16.7. The molecule has 0 spiro atoms. The number of rotatable bonds is 6. The van der Waals surface area contributed by atoms with Crippen LogP contribution in [-0.2, 0) is 19.1 Å². The fourth-order valence-electron chi connectivity index (χ4n) is 3.20. The van der Waals surface area contributed by atoms with Crippen molar-refractivity contribution in [3.05, 3.63) is 53.6 Å². The van der Waals surface area contributed by atoms with Crippen molar-refractivity contribution in [1.82, 2.24) is 0 Å². The Bertz CT molecular complexity index is 923. The summed E-state index contributed by atoms with van der Waals surface area (Å²) >= 11 is 0. The lowest BCUT2D eigenvalue weighted by Gasteiger charge is -2.20. The van der Waals surface area contributed by atoms with Gasteiger partial charge in [-0.05, 0) is 43.7 Å². The molecule has 2 aromatic carbocycles. The largest absolute Gasteiger partial charge is 0.495 e. The molecule has 29 heavy (non-hydrogen) atoms. The summed E-state index contributed by atoms with van der Waals surface area (Å²) < 4.78 is 10.5. The summed E-state index contributed by atoms with van der Waals surface area (Å²) in [7, 11) is 1.53. The lowest BCUT2D eigenvalue weighted by molar-refractivity contribution is -0.151. The number of anilines is 2. The molecule has 7 nitrogen and oxygen atoms in total. The molecule has 0 saturated carbocycles. The van der Waals surface area contributed by atoms with Crippen LogP contribution in [0.3, 0.4) is 0 Å². The number of carbonyl (C=O) groups is 3. The lowest BCUT2D eigenvalue weighted by atomic mass is 10.1. The number of methoxy groups -OCH3 is 1. The third-order valence-corrected chi connectivity index (χ3v) is 4.76. The van der Waals surface area contributed by atoms with Crippen LogP contribution in [-0.4, -0.2) is 38.0 Å². The highest BCUT2D eigenvalue weighted by Gasteiger charge is 2.37. The Kier molecular flexibility index (Phi) is 6.16. The number of aryl methyl sites for hydroxylation is 2. The van der Waals surface area contributed by atoms with Crippen LogP contribution in [0.25, 0.3) is 0 Å². The van der Waals surface area contributed by atoms with Crippen LogP contribution in [0.5, 0.6) is 5.75 Å². The number of hydrogen-bond donors (Lipinski definition) is 1. The van der Waals surface area contributed by atoms with Crippen molar-refractivity contribution < 1.29 is 23.9 Å². The summed E-state index contributed by atoms with van der Waals surface area (Å²) in [6.45, 7) is 3.66. The van der Waals surface area contributed by atoms with Gasteiger partial charge >= 0.3 is 5.97 Å². The Morgan fingerprint density at radius 2 is 1.79 bits per heavy atom. The van der Waals surface area contributed by atoms with Crippen LogP contribution in [0.1, 0.15) is 17.5 Å². The molecule has 7 heteroatoms. The van der Waals surface area contributed by atoms with Gasteiger partial charge in [-0.3, -0.25) is 14.4 Å². The van der Waals surface area contributed by atoms with E-state index in [0.29, 0.717) is 17.1 Å². The van der Waals surface area contributed by atoms with Gasteiger partial charge in [0, 0.05) is 18.7 Å². The first kappa shape index (κ1) is 20.4.